The van der Waals surface area contributed by atoms with Gasteiger partial charge in [0.1, 0.15) is 5.75 Å². The van der Waals surface area contributed by atoms with Crippen LogP contribution >= 0.6 is 0 Å². The molecule has 1 radical (unpaired) electrons. The average Bonchev–Trinajstić information content (AvgIpc) is 2.03. The van der Waals surface area contributed by atoms with Crippen LogP contribution in [0, 0.1) is 10.1 Å². The van der Waals surface area contributed by atoms with Crippen LogP contribution in [0.2, 0.25) is 0 Å². The minimum atomic E-state index is -0.677. The molecule has 0 heterocycles. The molecular weight excluding hydrogens is 185 g/mol. The fraction of sp³-hybridized carbons (Fsp3) is 0. The third-order valence-electron chi connectivity index (χ3n) is 1.33. The molecule has 1 aromatic carbocycles. The topological polar surface area (TPSA) is 80.4 Å². The molecule has 1 rings (SSSR count). The smallest absolute Gasteiger partial charge is 0.280 e. The van der Waals surface area contributed by atoms with Gasteiger partial charge in [-0.3, -0.25) is 14.9 Å². The van der Waals surface area contributed by atoms with E-state index >= 15 is 0 Å². The van der Waals surface area contributed by atoms with Crippen LogP contribution in [0.3, 0.4) is 0 Å². The van der Waals surface area contributed by atoms with Crippen LogP contribution in [0.15, 0.2) is 18.2 Å². The van der Waals surface area contributed by atoms with E-state index in [0.717, 1.165) is 18.2 Å². The van der Waals surface area contributed by atoms with E-state index in [4.69, 9.17) is 5.11 Å². The molecule has 0 saturated heterocycles. The second-order valence-electron chi connectivity index (χ2n) is 2.12. The van der Waals surface area contributed by atoms with E-state index in [0.29, 0.717) is 6.29 Å². The van der Waals surface area contributed by atoms with Gasteiger partial charge in [0, 0.05) is 35.6 Å². The number of hydrogen-bond donors (Lipinski definition) is 1. The number of rotatable bonds is 2. The Labute approximate surface area is 95.8 Å². The first-order valence-electron chi connectivity index (χ1n) is 3.07. The van der Waals surface area contributed by atoms with Crippen molar-refractivity contribution in [3.63, 3.8) is 0 Å². The summed E-state index contributed by atoms with van der Waals surface area (Å²) in [6, 6.07) is 3.29. The van der Waals surface area contributed by atoms with Crippen molar-refractivity contribution in [1.82, 2.24) is 0 Å². The largest absolute Gasteiger partial charge is 0.508 e. The summed E-state index contributed by atoms with van der Waals surface area (Å²) in [7, 11) is 0. The van der Waals surface area contributed by atoms with E-state index in [2.05, 4.69) is 0 Å². The van der Waals surface area contributed by atoms with Crippen molar-refractivity contribution in [1.29, 1.82) is 0 Å². The predicted molar refractivity (Wildman–Crippen MR) is 45.9 cm³/mol. The van der Waals surface area contributed by atoms with Crippen molar-refractivity contribution in [2.45, 2.75) is 0 Å². The number of hydrogen-bond acceptors (Lipinski definition) is 4. The number of phenols is 1. The number of benzene rings is 1. The van der Waals surface area contributed by atoms with E-state index in [1.54, 1.807) is 0 Å². The molecular formula is C7H5NNaO4. The van der Waals surface area contributed by atoms with Crippen LogP contribution in [0.1, 0.15) is 10.4 Å². The van der Waals surface area contributed by atoms with Gasteiger partial charge in [0.25, 0.3) is 5.69 Å². The zero-order valence-corrected chi connectivity index (χ0v) is 8.93. The summed E-state index contributed by atoms with van der Waals surface area (Å²) in [4.78, 5) is 19.8. The Morgan fingerprint density at radius 3 is 2.54 bits per heavy atom. The van der Waals surface area contributed by atoms with Crippen LogP contribution in [-0.2, 0) is 0 Å². The van der Waals surface area contributed by atoms with E-state index in [1.165, 1.54) is 0 Å². The summed E-state index contributed by atoms with van der Waals surface area (Å²) in [5, 5.41) is 19.1. The zero-order chi connectivity index (χ0) is 9.14. The Balaban J connectivity index is 0.00000144. The molecule has 0 spiro atoms. The molecule has 0 saturated carbocycles. The molecule has 0 bridgehead atoms. The van der Waals surface area contributed by atoms with Gasteiger partial charge >= 0.3 is 0 Å². The molecule has 1 N–H and O–H groups in total. The fourth-order valence-electron chi connectivity index (χ4n) is 0.803. The first kappa shape index (κ1) is 12.1. The van der Waals surface area contributed by atoms with Crippen molar-refractivity contribution >= 4 is 41.5 Å². The summed E-state index contributed by atoms with van der Waals surface area (Å²) >= 11 is 0. The van der Waals surface area contributed by atoms with E-state index in [-0.39, 0.29) is 46.6 Å². The van der Waals surface area contributed by atoms with E-state index in [9.17, 15) is 14.9 Å². The zero-order valence-electron chi connectivity index (χ0n) is 6.93. The maximum atomic E-state index is 10.3. The fourth-order valence-corrected chi connectivity index (χ4v) is 0.803. The van der Waals surface area contributed by atoms with E-state index < -0.39 is 4.92 Å². The second kappa shape index (κ2) is 4.96. The summed E-state index contributed by atoms with van der Waals surface area (Å²) in [5.41, 5.74) is -0.428. The number of carbonyl (C=O) groups excluding carboxylic acids is 1. The van der Waals surface area contributed by atoms with Crippen LogP contribution in [0.5, 0.6) is 5.75 Å². The van der Waals surface area contributed by atoms with Gasteiger partial charge in [0.05, 0.1) is 10.5 Å². The second-order valence-corrected chi connectivity index (χ2v) is 2.12. The van der Waals surface area contributed by atoms with Gasteiger partial charge in [0.2, 0.25) is 0 Å². The Morgan fingerprint density at radius 2 is 2.08 bits per heavy atom. The number of aldehydes is 1. The third-order valence-corrected chi connectivity index (χ3v) is 1.33. The number of nitro groups is 1. The van der Waals surface area contributed by atoms with Crippen LogP contribution < -0.4 is 0 Å². The number of phenolic OH excluding ortho intramolecular Hbond substituents is 1. The normalized spacial score (nSPS) is 8.62. The van der Waals surface area contributed by atoms with Gasteiger partial charge in [-0.1, -0.05) is 0 Å². The molecule has 63 valence electrons. The molecule has 0 amide bonds. The van der Waals surface area contributed by atoms with Gasteiger partial charge in [0.15, 0.2) is 6.29 Å². The van der Waals surface area contributed by atoms with Gasteiger partial charge < -0.3 is 5.11 Å². The van der Waals surface area contributed by atoms with Crippen molar-refractivity contribution in [2.24, 2.45) is 0 Å². The van der Waals surface area contributed by atoms with Gasteiger partial charge in [-0.15, -0.1) is 0 Å². The molecule has 0 aliphatic rings. The van der Waals surface area contributed by atoms with Gasteiger partial charge in [-0.25, -0.2) is 0 Å². The summed E-state index contributed by atoms with van der Waals surface area (Å²) in [5.74, 6) is -0.164. The quantitative estimate of drug-likeness (QED) is 0.322. The summed E-state index contributed by atoms with van der Waals surface area (Å²) < 4.78 is 0. The van der Waals surface area contributed by atoms with Crippen LogP contribution in [0.4, 0.5) is 5.69 Å². The summed E-state index contributed by atoms with van der Waals surface area (Å²) in [6.07, 6.45) is 0.331. The first-order chi connectivity index (χ1) is 5.65. The number of nitro benzene ring substituents is 1. The molecule has 0 aliphatic carbocycles. The van der Waals surface area contributed by atoms with Crippen molar-refractivity contribution in [3.05, 3.63) is 33.9 Å². The predicted octanol–water partition coefficient (Wildman–Crippen LogP) is 0.732. The third kappa shape index (κ3) is 2.80. The Bertz CT molecular complexity index is 339. The molecule has 6 heteroatoms. The van der Waals surface area contributed by atoms with Crippen LogP contribution in [0.25, 0.3) is 0 Å². The van der Waals surface area contributed by atoms with Crippen molar-refractivity contribution < 1.29 is 14.8 Å². The Kier molecular flexibility index (Phi) is 4.61. The number of nitrogens with zero attached hydrogens (tertiary/aromatic N) is 1. The molecule has 1 aromatic rings. The first-order valence-corrected chi connectivity index (χ1v) is 3.07. The van der Waals surface area contributed by atoms with Crippen molar-refractivity contribution in [3.8, 4) is 5.75 Å². The Hall–Kier alpha value is -0.910. The van der Waals surface area contributed by atoms with Crippen molar-refractivity contribution in [2.75, 3.05) is 0 Å². The number of carbonyl (C=O) groups is 1. The molecule has 0 aromatic heterocycles. The minimum absolute atomic E-state index is 0. The van der Waals surface area contributed by atoms with Gasteiger partial charge in [-0.2, -0.15) is 0 Å². The van der Waals surface area contributed by atoms with Gasteiger partial charge in [-0.05, 0) is 12.1 Å². The summed E-state index contributed by atoms with van der Waals surface area (Å²) in [6.45, 7) is 0. The molecule has 5 nitrogen and oxygen atoms in total. The molecule has 0 atom stereocenters. The Morgan fingerprint density at radius 1 is 1.46 bits per heavy atom. The maximum Gasteiger partial charge on any atom is 0.280 e. The molecule has 13 heavy (non-hydrogen) atoms. The van der Waals surface area contributed by atoms with E-state index in [1.807, 2.05) is 0 Å². The molecule has 0 fully saturated rings. The standard InChI is InChI=1S/C7H5NO4.Na/c9-4-5-3-6(10)1-2-7(5)8(11)12;/h1-4,10H;. The maximum absolute atomic E-state index is 10.3. The number of aromatic hydroxyl groups is 1. The van der Waals surface area contributed by atoms with Crippen LogP contribution in [-0.4, -0.2) is 45.9 Å². The SMILES string of the molecule is O=Cc1cc(O)ccc1[N+](=O)[O-].[Na]. The molecule has 0 unspecified atom stereocenters. The molecule has 0 aliphatic heterocycles. The monoisotopic (exact) mass is 190 g/mol. The average molecular weight is 190 g/mol. The minimum Gasteiger partial charge on any atom is -0.508 e.